The fraction of sp³-hybridized carbons (Fsp3) is 0.391. The van der Waals surface area contributed by atoms with E-state index >= 15 is 0 Å². The molecule has 1 aliphatic rings. The first-order chi connectivity index (χ1) is 17.9. The van der Waals surface area contributed by atoms with Crippen molar-refractivity contribution < 1.29 is 41.7 Å². The minimum Gasteiger partial charge on any atom is -0.463 e. The Bertz CT molecular complexity index is 1560. The Kier molecular flexibility index (Phi) is 7.33. The maximum Gasteiger partial charge on any atom is 0.303 e. The van der Waals surface area contributed by atoms with E-state index < -0.39 is 58.0 Å². The van der Waals surface area contributed by atoms with E-state index in [1.807, 2.05) is 0 Å². The van der Waals surface area contributed by atoms with Gasteiger partial charge >= 0.3 is 17.9 Å². The number of fused-ring (bicyclic) bond motifs is 1. The number of carbonyl (C=O) groups is 3. The zero-order valence-corrected chi connectivity index (χ0v) is 21.6. The maximum absolute atomic E-state index is 13.2. The smallest absolute Gasteiger partial charge is 0.303 e. The molecule has 0 amide bonds. The van der Waals surface area contributed by atoms with E-state index in [1.54, 1.807) is 19.1 Å². The maximum atomic E-state index is 13.2. The number of imidazole rings is 1. The Morgan fingerprint density at radius 1 is 0.947 bits per heavy atom. The van der Waals surface area contributed by atoms with E-state index in [4.69, 9.17) is 18.9 Å². The van der Waals surface area contributed by atoms with Crippen molar-refractivity contribution >= 4 is 39.1 Å². The second kappa shape index (κ2) is 10.3. The molecule has 1 aliphatic heterocycles. The number of hydrogen-bond acceptors (Lipinski definition) is 12. The van der Waals surface area contributed by atoms with Crippen LogP contribution in [0.2, 0.25) is 0 Å². The molecule has 0 aliphatic carbocycles. The predicted octanol–water partition coefficient (Wildman–Crippen LogP) is 0.462. The number of esters is 3. The summed E-state index contributed by atoms with van der Waals surface area (Å²) >= 11 is 0. The molecular formula is C23H24N4O10S. The van der Waals surface area contributed by atoms with Crippen molar-refractivity contribution in [3.63, 3.8) is 0 Å². The van der Waals surface area contributed by atoms with Crippen LogP contribution in [0.3, 0.4) is 0 Å². The Morgan fingerprint density at radius 2 is 1.58 bits per heavy atom. The molecule has 1 fully saturated rings. The van der Waals surface area contributed by atoms with Gasteiger partial charge < -0.3 is 18.9 Å². The van der Waals surface area contributed by atoms with Gasteiger partial charge in [0.05, 0.1) is 11.2 Å². The average molecular weight is 549 g/mol. The van der Waals surface area contributed by atoms with Gasteiger partial charge in [-0.1, -0.05) is 17.7 Å². The van der Waals surface area contributed by atoms with Crippen LogP contribution in [0, 0.1) is 6.92 Å². The minimum absolute atomic E-state index is 0.0813. The largest absolute Gasteiger partial charge is 0.463 e. The first-order valence-corrected chi connectivity index (χ1v) is 12.7. The van der Waals surface area contributed by atoms with E-state index in [9.17, 15) is 27.6 Å². The SMILES string of the molecule is CC(=O)OC[C@@H]1O[C@H](n2cnc3c(=O)n(S(=O)(=O)c4ccc(C)cc4)cnc32)[C@@H](OC(C)=O)[C@@H]1OC(C)=O. The third-order valence-corrected chi connectivity index (χ3v) is 7.29. The molecule has 4 rings (SSSR count). The average Bonchev–Trinajstić information content (AvgIpc) is 3.39. The van der Waals surface area contributed by atoms with Crippen LogP contribution in [0.5, 0.6) is 0 Å². The lowest BCUT2D eigenvalue weighted by Crippen LogP contribution is -2.40. The van der Waals surface area contributed by atoms with Crippen molar-refractivity contribution in [1.82, 2.24) is 18.5 Å². The van der Waals surface area contributed by atoms with Crippen LogP contribution in [-0.2, 0) is 43.4 Å². The van der Waals surface area contributed by atoms with Gasteiger partial charge in [0, 0.05) is 20.8 Å². The fourth-order valence-corrected chi connectivity index (χ4v) is 5.18. The Balaban J connectivity index is 1.77. The summed E-state index contributed by atoms with van der Waals surface area (Å²) in [6.45, 7) is 4.93. The Morgan fingerprint density at radius 3 is 2.18 bits per heavy atom. The van der Waals surface area contributed by atoms with Gasteiger partial charge in [-0.2, -0.15) is 3.97 Å². The zero-order valence-electron chi connectivity index (χ0n) is 20.8. The topological polar surface area (TPSA) is 175 Å². The summed E-state index contributed by atoms with van der Waals surface area (Å²) in [4.78, 5) is 56.2. The molecule has 1 aromatic carbocycles. The van der Waals surface area contributed by atoms with Gasteiger partial charge in [0.25, 0.3) is 15.6 Å². The van der Waals surface area contributed by atoms with Crippen LogP contribution >= 0.6 is 0 Å². The highest BCUT2D eigenvalue weighted by Crippen LogP contribution is 2.35. The van der Waals surface area contributed by atoms with Crippen molar-refractivity contribution in [2.45, 2.75) is 57.1 Å². The molecule has 0 N–H and O–H groups in total. The van der Waals surface area contributed by atoms with E-state index in [1.165, 1.54) is 23.6 Å². The van der Waals surface area contributed by atoms with Crippen molar-refractivity contribution in [2.24, 2.45) is 0 Å². The summed E-state index contributed by atoms with van der Waals surface area (Å²) in [5, 5.41) is 0. The molecule has 1 saturated heterocycles. The van der Waals surface area contributed by atoms with E-state index in [2.05, 4.69) is 9.97 Å². The standard InChI is InChI=1S/C23H24N4O10S/c1-12-5-7-16(8-6-12)38(32,33)27-11-25-21-18(22(27)31)24-10-26(21)23-20(36-15(4)30)19(35-14(3)29)17(37-23)9-34-13(2)28/h5-8,10-11,17,19-20,23H,9H2,1-4H3/t17-,19+,20-,23-/m0/s1. The second-order valence-corrected chi connectivity index (χ2v) is 10.3. The van der Waals surface area contributed by atoms with Gasteiger partial charge in [0.15, 0.2) is 29.6 Å². The van der Waals surface area contributed by atoms with Gasteiger partial charge in [0.1, 0.15) is 19.0 Å². The number of benzene rings is 1. The lowest BCUT2D eigenvalue weighted by atomic mass is 10.1. The van der Waals surface area contributed by atoms with Gasteiger partial charge in [-0.25, -0.2) is 18.4 Å². The van der Waals surface area contributed by atoms with E-state index in [0.717, 1.165) is 32.1 Å². The number of aryl methyl sites for hydroxylation is 1. The van der Waals surface area contributed by atoms with Gasteiger partial charge in [-0.3, -0.25) is 23.7 Å². The van der Waals surface area contributed by atoms with Crippen LogP contribution < -0.4 is 5.56 Å². The molecular weight excluding hydrogens is 524 g/mol. The molecule has 0 bridgehead atoms. The number of nitrogens with zero attached hydrogens (tertiary/aromatic N) is 4. The van der Waals surface area contributed by atoms with Crippen LogP contribution in [0.1, 0.15) is 32.6 Å². The highest BCUT2D eigenvalue weighted by molar-refractivity contribution is 7.90. The van der Waals surface area contributed by atoms with E-state index in [-0.39, 0.29) is 22.7 Å². The zero-order chi connectivity index (χ0) is 27.8. The monoisotopic (exact) mass is 548 g/mol. The summed E-state index contributed by atoms with van der Waals surface area (Å²) in [5.41, 5.74) is -0.519. The normalized spacial score (nSPS) is 21.3. The number of rotatable bonds is 7. The molecule has 0 saturated carbocycles. The number of hydrogen-bond donors (Lipinski definition) is 0. The summed E-state index contributed by atoms with van der Waals surface area (Å²) < 4.78 is 49.5. The molecule has 0 radical (unpaired) electrons. The molecule has 4 atom stereocenters. The molecule has 14 nitrogen and oxygen atoms in total. The third-order valence-electron chi connectivity index (χ3n) is 5.65. The number of ether oxygens (including phenoxy) is 4. The van der Waals surface area contributed by atoms with E-state index in [0.29, 0.717) is 3.97 Å². The summed E-state index contributed by atoms with van der Waals surface area (Å²) in [6.07, 6.45) is -2.69. The van der Waals surface area contributed by atoms with Gasteiger partial charge in [-0.15, -0.1) is 0 Å². The van der Waals surface area contributed by atoms with Crippen LogP contribution in [0.25, 0.3) is 11.2 Å². The molecule has 202 valence electrons. The van der Waals surface area contributed by atoms with Crippen LogP contribution in [-0.4, -0.2) is 69.8 Å². The molecule has 3 heterocycles. The predicted molar refractivity (Wildman–Crippen MR) is 127 cm³/mol. The Hall–Kier alpha value is -4.11. The molecule has 38 heavy (non-hydrogen) atoms. The lowest BCUT2D eigenvalue weighted by Gasteiger charge is -2.23. The van der Waals surface area contributed by atoms with Crippen molar-refractivity contribution in [1.29, 1.82) is 0 Å². The third kappa shape index (κ3) is 5.15. The molecule has 2 aromatic heterocycles. The second-order valence-electron chi connectivity index (χ2n) is 8.50. The van der Waals surface area contributed by atoms with Gasteiger partial charge in [0.2, 0.25) is 0 Å². The number of aromatic nitrogens is 4. The minimum atomic E-state index is -4.27. The first-order valence-electron chi connectivity index (χ1n) is 11.3. The fourth-order valence-electron chi connectivity index (χ4n) is 4.00. The first kappa shape index (κ1) is 26.9. The molecule has 15 heteroatoms. The quantitative estimate of drug-likeness (QED) is 0.295. The molecule has 3 aromatic rings. The van der Waals surface area contributed by atoms with Crippen molar-refractivity contribution in [3.05, 3.63) is 52.8 Å². The van der Waals surface area contributed by atoms with Gasteiger partial charge in [-0.05, 0) is 19.1 Å². The highest BCUT2D eigenvalue weighted by Gasteiger charge is 2.51. The van der Waals surface area contributed by atoms with Crippen molar-refractivity contribution in [2.75, 3.05) is 6.61 Å². The van der Waals surface area contributed by atoms with Crippen molar-refractivity contribution in [3.8, 4) is 0 Å². The highest BCUT2D eigenvalue weighted by atomic mass is 32.2. The lowest BCUT2D eigenvalue weighted by molar-refractivity contribution is -0.166. The molecule has 0 spiro atoms. The van der Waals surface area contributed by atoms with Crippen LogP contribution in [0.4, 0.5) is 0 Å². The Labute approximate surface area is 216 Å². The summed E-state index contributed by atoms with van der Waals surface area (Å²) in [7, 11) is -4.27. The summed E-state index contributed by atoms with van der Waals surface area (Å²) in [6, 6.07) is 5.93. The summed E-state index contributed by atoms with van der Waals surface area (Å²) in [5.74, 6) is -2.05. The number of carbonyl (C=O) groups excluding carboxylic acids is 3. The van der Waals surface area contributed by atoms with Crippen LogP contribution in [0.15, 0.2) is 46.6 Å². The molecule has 0 unspecified atom stereocenters.